The van der Waals surface area contributed by atoms with Gasteiger partial charge in [-0.2, -0.15) is 0 Å². The molecule has 0 heterocycles. The van der Waals surface area contributed by atoms with Crippen molar-refractivity contribution in [3.8, 4) is 39.9 Å². The number of aryl methyl sites for hydroxylation is 1. The van der Waals surface area contributed by atoms with Crippen molar-refractivity contribution >= 4 is 5.69 Å². The van der Waals surface area contributed by atoms with Gasteiger partial charge in [-0.1, -0.05) is 6.07 Å². The third-order valence-corrected chi connectivity index (χ3v) is 2.89. The Hall–Kier alpha value is -2.76. The fourth-order valence-corrected chi connectivity index (χ4v) is 1.91. The Morgan fingerprint density at radius 2 is 1.26 bits per heavy atom. The second-order valence-electron chi connectivity index (χ2n) is 4.19. The van der Waals surface area contributed by atoms with E-state index in [9.17, 15) is 25.5 Å². The molecular formula is C13H13NO5. The molecule has 0 fully saturated rings. The zero-order chi connectivity index (χ0) is 14.3. The van der Waals surface area contributed by atoms with Crippen LogP contribution in [0.15, 0.2) is 18.2 Å². The third kappa shape index (κ3) is 1.83. The summed E-state index contributed by atoms with van der Waals surface area (Å²) in [4.78, 5) is 0. The van der Waals surface area contributed by atoms with Crippen LogP contribution in [0.2, 0.25) is 0 Å². The van der Waals surface area contributed by atoms with Crippen LogP contribution in [0.4, 0.5) is 5.69 Å². The highest BCUT2D eigenvalue weighted by atomic mass is 16.4. The van der Waals surface area contributed by atoms with Crippen LogP contribution in [0, 0.1) is 6.92 Å². The fourth-order valence-electron chi connectivity index (χ4n) is 1.91. The molecule has 100 valence electrons. The standard InChI is InChI=1S/C13H13NO5/c1-5-4-6(14)2-3-7(5)8-9(15)11(17)13(19)12(18)10(8)16/h2-4,15-19H,14H2,1H3. The van der Waals surface area contributed by atoms with E-state index in [-0.39, 0.29) is 5.56 Å². The molecule has 0 bridgehead atoms. The Bertz CT molecular complexity index is 638. The largest absolute Gasteiger partial charge is 0.504 e. The van der Waals surface area contributed by atoms with Crippen molar-refractivity contribution in [2.45, 2.75) is 6.92 Å². The second kappa shape index (κ2) is 4.16. The highest BCUT2D eigenvalue weighted by Crippen LogP contribution is 2.55. The average Bonchev–Trinajstić information content (AvgIpc) is 2.37. The molecule has 6 heteroatoms. The Balaban J connectivity index is 2.83. The van der Waals surface area contributed by atoms with E-state index in [2.05, 4.69) is 0 Å². The summed E-state index contributed by atoms with van der Waals surface area (Å²) < 4.78 is 0. The molecule has 0 aromatic heterocycles. The smallest absolute Gasteiger partial charge is 0.208 e. The van der Waals surface area contributed by atoms with Crippen molar-refractivity contribution in [3.63, 3.8) is 0 Å². The lowest BCUT2D eigenvalue weighted by Gasteiger charge is -2.14. The van der Waals surface area contributed by atoms with Gasteiger partial charge in [0.25, 0.3) is 0 Å². The fraction of sp³-hybridized carbons (Fsp3) is 0.0769. The van der Waals surface area contributed by atoms with Gasteiger partial charge in [0, 0.05) is 5.69 Å². The summed E-state index contributed by atoms with van der Waals surface area (Å²) in [5, 5.41) is 48.0. The number of rotatable bonds is 1. The molecule has 0 amide bonds. The van der Waals surface area contributed by atoms with Gasteiger partial charge in [0.1, 0.15) is 0 Å². The summed E-state index contributed by atoms with van der Waals surface area (Å²) in [6.07, 6.45) is 0. The molecule has 0 atom stereocenters. The molecule has 2 rings (SSSR count). The van der Waals surface area contributed by atoms with Crippen LogP contribution >= 0.6 is 0 Å². The van der Waals surface area contributed by atoms with E-state index < -0.39 is 28.7 Å². The maximum Gasteiger partial charge on any atom is 0.208 e. The van der Waals surface area contributed by atoms with Crippen molar-refractivity contribution in [2.24, 2.45) is 0 Å². The number of phenolic OH excluding ortho intramolecular Hbond substituents is 5. The molecule has 0 radical (unpaired) electrons. The van der Waals surface area contributed by atoms with E-state index in [1.165, 1.54) is 6.07 Å². The van der Waals surface area contributed by atoms with Crippen LogP contribution in [0.5, 0.6) is 28.7 Å². The van der Waals surface area contributed by atoms with E-state index >= 15 is 0 Å². The quantitative estimate of drug-likeness (QED) is 0.264. The molecule has 7 N–H and O–H groups in total. The molecule has 0 saturated heterocycles. The highest BCUT2D eigenvalue weighted by Gasteiger charge is 2.24. The van der Waals surface area contributed by atoms with Gasteiger partial charge in [0.15, 0.2) is 11.5 Å². The van der Waals surface area contributed by atoms with Crippen LogP contribution in [0.25, 0.3) is 11.1 Å². The number of hydrogen-bond acceptors (Lipinski definition) is 6. The van der Waals surface area contributed by atoms with E-state index in [1.807, 2.05) is 0 Å². The maximum atomic E-state index is 9.82. The molecule has 0 aliphatic rings. The zero-order valence-corrected chi connectivity index (χ0v) is 10.0. The van der Waals surface area contributed by atoms with Crippen LogP contribution in [0.3, 0.4) is 0 Å². The van der Waals surface area contributed by atoms with Crippen molar-refractivity contribution < 1.29 is 25.5 Å². The Morgan fingerprint density at radius 1 is 0.789 bits per heavy atom. The number of hydrogen-bond donors (Lipinski definition) is 6. The first-order valence-corrected chi connectivity index (χ1v) is 5.39. The Labute approximate surface area is 108 Å². The molecule has 2 aromatic rings. The van der Waals surface area contributed by atoms with E-state index in [0.29, 0.717) is 16.8 Å². The minimum atomic E-state index is -0.980. The number of phenols is 5. The summed E-state index contributed by atoms with van der Waals surface area (Å²) in [6, 6.07) is 4.67. The number of aromatic hydroxyl groups is 5. The summed E-state index contributed by atoms with van der Waals surface area (Å²) in [5.41, 5.74) is 6.91. The van der Waals surface area contributed by atoms with Crippen LogP contribution in [-0.4, -0.2) is 25.5 Å². The molecule has 0 aliphatic carbocycles. The van der Waals surface area contributed by atoms with Gasteiger partial charge in [-0.25, -0.2) is 0 Å². The minimum absolute atomic E-state index is 0.176. The van der Waals surface area contributed by atoms with Crippen molar-refractivity contribution in [1.29, 1.82) is 0 Å². The van der Waals surface area contributed by atoms with Gasteiger partial charge in [0.05, 0.1) is 5.56 Å². The van der Waals surface area contributed by atoms with Gasteiger partial charge in [-0.15, -0.1) is 0 Å². The van der Waals surface area contributed by atoms with Crippen molar-refractivity contribution in [1.82, 2.24) is 0 Å². The number of nitrogen functional groups attached to an aromatic ring is 1. The normalized spacial score (nSPS) is 10.6. The van der Waals surface area contributed by atoms with Crippen LogP contribution in [0.1, 0.15) is 5.56 Å². The maximum absolute atomic E-state index is 9.82. The second-order valence-corrected chi connectivity index (χ2v) is 4.19. The Morgan fingerprint density at radius 3 is 1.74 bits per heavy atom. The van der Waals surface area contributed by atoms with Gasteiger partial charge in [-0.05, 0) is 30.2 Å². The van der Waals surface area contributed by atoms with E-state index in [4.69, 9.17) is 5.73 Å². The molecule has 0 aliphatic heterocycles. The lowest BCUT2D eigenvalue weighted by atomic mass is 9.97. The first-order chi connectivity index (χ1) is 8.84. The van der Waals surface area contributed by atoms with Crippen LogP contribution < -0.4 is 5.73 Å². The SMILES string of the molecule is Cc1cc(N)ccc1-c1c(O)c(O)c(O)c(O)c1O. The minimum Gasteiger partial charge on any atom is -0.504 e. The van der Waals surface area contributed by atoms with Crippen molar-refractivity contribution in [2.75, 3.05) is 5.73 Å². The summed E-state index contributed by atoms with van der Waals surface area (Å²) in [6.45, 7) is 1.69. The van der Waals surface area contributed by atoms with Gasteiger partial charge in [-0.3, -0.25) is 0 Å². The molecule has 0 saturated carbocycles. The number of benzene rings is 2. The summed E-state index contributed by atoms with van der Waals surface area (Å²) >= 11 is 0. The third-order valence-electron chi connectivity index (χ3n) is 2.89. The first-order valence-electron chi connectivity index (χ1n) is 5.39. The Kier molecular flexibility index (Phi) is 2.78. The molecule has 0 unspecified atom stereocenters. The summed E-state index contributed by atoms with van der Waals surface area (Å²) in [5.74, 6) is -4.23. The van der Waals surface area contributed by atoms with Crippen molar-refractivity contribution in [3.05, 3.63) is 23.8 Å². The van der Waals surface area contributed by atoms with Gasteiger partial charge in [0.2, 0.25) is 17.2 Å². The van der Waals surface area contributed by atoms with Crippen LogP contribution in [-0.2, 0) is 0 Å². The number of anilines is 1. The zero-order valence-electron chi connectivity index (χ0n) is 10.0. The lowest BCUT2D eigenvalue weighted by molar-refractivity contribution is 0.330. The average molecular weight is 263 g/mol. The predicted octanol–water partition coefficient (Wildman–Crippen LogP) is 1.77. The monoisotopic (exact) mass is 263 g/mol. The molecular weight excluding hydrogens is 250 g/mol. The molecule has 19 heavy (non-hydrogen) atoms. The lowest BCUT2D eigenvalue weighted by Crippen LogP contribution is -1.90. The van der Waals surface area contributed by atoms with Gasteiger partial charge >= 0.3 is 0 Å². The topological polar surface area (TPSA) is 127 Å². The molecule has 0 spiro atoms. The molecule has 2 aromatic carbocycles. The number of nitrogens with two attached hydrogens (primary N) is 1. The van der Waals surface area contributed by atoms with Gasteiger partial charge < -0.3 is 31.3 Å². The first kappa shape index (κ1) is 12.7. The predicted molar refractivity (Wildman–Crippen MR) is 69.4 cm³/mol. The summed E-state index contributed by atoms with van der Waals surface area (Å²) in [7, 11) is 0. The van der Waals surface area contributed by atoms with E-state index in [0.717, 1.165) is 0 Å². The van der Waals surface area contributed by atoms with E-state index in [1.54, 1.807) is 19.1 Å². The highest BCUT2D eigenvalue weighted by molar-refractivity contribution is 5.86. The molecule has 6 nitrogen and oxygen atoms in total.